The Morgan fingerprint density at radius 1 is 1.26 bits per heavy atom. The number of imidazole rings is 1. The molecule has 1 aromatic carbocycles. The van der Waals surface area contributed by atoms with E-state index in [0.29, 0.717) is 0 Å². The quantitative estimate of drug-likeness (QED) is 0.565. The number of benzene rings is 1. The molecule has 0 aliphatic rings. The van der Waals surface area contributed by atoms with Crippen molar-refractivity contribution in [2.75, 3.05) is 20.1 Å². The number of rotatable bonds is 5. The van der Waals surface area contributed by atoms with Crippen molar-refractivity contribution in [3.05, 3.63) is 30.1 Å². The molecule has 0 amide bonds. The van der Waals surface area contributed by atoms with Gasteiger partial charge < -0.3 is 15.6 Å². The molecular weight excluding hydrogens is 238 g/mol. The van der Waals surface area contributed by atoms with Gasteiger partial charge in [0.25, 0.3) is 0 Å². The van der Waals surface area contributed by atoms with Gasteiger partial charge in [-0.3, -0.25) is 4.99 Å². The maximum Gasteiger partial charge on any atom is 0.190 e. The van der Waals surface area contributed by atoms with Crippen LogP contribution in [0.4, 0.5) is 0 Å². The van der Waals surface area contributed by atoms with Gasteiger partial charge in [0.1, 0.15) is 5.82 Å². The van der Waals surface area contributed by atoms with Crippen molar-refractivity contribution in [3.8, 4) is 0 Å². The van der Waals surface area contributed by atoms with Crippen molar-refractivity contribution < 1.29 is 0 Å². The molecule has 1 aromatic heterocycles. The van der Waals surface area contributed by atoms with E-state index >= 15 is 0 Å². The zero-order valence-corrected chi connectivity index (χ0v) is 11.5. The van der Waals surface area contributed by atoms with Crippen LogP contribution in [0.5, 0.6) is 0 Å². The number of hydrogen-bond acceptors (Lipinski definition) is 2. The van der Waals surface area contributed by atoms with Crippen molar-refractivity contribution in [3.63, 3.8) is 0 Å². The second kappa shape index (κ2) is 6.78. The number of aliphatic imine (C=N–C) groups is 1. The van der Waals surface area contributed by atoms with Crippen LogP contribution < -0.4 is 10.6 Å². The summed E-state index contributed by atoms with van der Waals surface area (Å²) in [7, 11) is 1.78. The Morgan fingerprint density at radius 3 is 2.79 bits per heavy atom. The van der Waals surface area contributed by atoms with Crippen LogP contribution in [-0.4, -0.2) is 36.1 Å². The standard InChI is InChI=1S/C14H21N5/c1-3-9-16-14(15-2)17-10-8-13-18-11-6-4-5-7-12(11)19-13/h4-7H,3,8-10H2,1-2H3,(H,18,19)(H2,15,16,17). The van der Waals surface area contributed by atoms with E-state index in [9.17, 15) is 0 Å². The molecule has 0 unspecified atom stereocenters. The number of para-hydroxylation sites is 2. The first-order valence-electron chi connectivity index (χ1n) is 6.71. The molecule has 102 valence electrons. The maximum absolute atomic E-state index is 4.54. The molecule has 5 heteroatoms. The molecule has 0 bridgehead atoms. The molecule has 0 fully saturated rings. The molecule has 2 aromatic rings. The summed E-state index contributed by atoms with van der Waals surface area (Å²) < 4.78 is 0. The second-order valence-electron chi connectivity index (χ2n) is 4.38. The summed E-state index contributed by atoms with van der Waals surface area (Å²) in [6.07, 6.45) is 1.94. The zero-order valence-electron chi connectivity index (χ0n) is 11.5. The number of hydrogen-bond donors (Lipinski definition) is 3. The topological polar surface area (TPSA) is 65.1 Å². The third kappa shape index (κ3) is 3.71. The fourth-order valence-corrected chi connectivity index (χ4v) is 1.89. The predicted molar refractivity (Wildman–Crippen MR) is 79.5 cm³/mol. The molecule has 2 rings (SSSR count). The number of aromatic nitrogens is 2. The summed E-state index contributed by atoms with van der Waals surface area (Å²) in [4.78, 5) is 12.0. The van der Waals surface area contributed by atoms with Gasteiger partial charge in [-0.15, -0.1) is 0 Å². The molecule has 5 nitrogen and oxygen atoms in total. The Kier molecular flexibility index (Phi) is 4.78. The number of nitrogens with zero attached hydrogens (tertiary/aromatic N) is 2. The maximum atomic E-state index is 4.54. The van der Waals surface area contributed by atoms with Gasteiger partial charge in [0.15, 0.2) is 5.96 Å². The third-order valence-electron chi connectivity index (χ3n) is 2.86. The molecular formula is C14H21N5. The summed E-state index contributed by atoms with van der Waals surface area (Å²) in [6, 6.07) is 8.08. The predicted octanol–water partition coefficient (Wildman–Crippen LogP) is 1.68. The minimum atomic E-state index is 0.809. The highest BCUT2D eigenvalue weighted by Crippen LogP contribution is 2.10. The van der Waals surface area contributed by atoms with Crippen molar-refractivity contribution in [1.29, 1.82) is 0 Å². The Morgan fingerprint density at radius 2 is 2.05 bits per heavy atom. The van der Waals surface area contributed by atoms with Crippen molar-refractivity contribution in [2.45, 2.75) is 19.8 Å². The average Bonchev–Trinajstić information content (AvgIpc) is 2.85. The van der Waals surface area contributed by atoms with E-state index < -0.39 is 0 Å². The molecule has 19 heavy (non-hydrogen) atoms. The summed E-state index contributed by atoms with van der Waals surface area (Å²) in [5.74, 6) is 1.85. The van der Waals surface area contributed by atoms with Crippen LogP contribution in [-0.2, 0) is 6.42 Å². The molecule has 0 atom stereocenters. The molecule has 0 aliphatic heterocycles. The Balaban J connectivity index is 1.85. The number of guanidine groups is 1. The van der Waals surface area contributed by atoms with E-state index in [2.05, 4.69) is 32.5 Å². The second-order valence-corrected chi connectivity index (χ2v) is 4.38. The Hall–Kier alpha value is -2.04. The van der Waals surface area contributed by atoms with E-state index in [1.165, 1.54) is 0 Å². The van der Waals surface area contributed by atoms with Crippen LogP contribution in [0, 0.1) is 0 Å². The number of aromatic amines is 1. The van der Waals surface area contributed by atoms with Crippen molar-refractivity contribution >= 4 is 17.0 Å². The van der Waals surface area contributed by atoms with Gasteiger partial charge >= 0.3 is 0 Å². The molecule has 3 N–H and O–H groups in total. The van der Waals surface area contributed by atoms with Gasteiger partial charge in [-0.2, -0.15) is 0 Å². The first kappa shape index (κ1) is 13.4. The molecule has 0 radical (unpaired) electrons. The number of fused-ring (bicyclic) bond motifs is 1. The van der Waals surface area contributed by atoms with Crippen LogP contribution in [0.3, 0.4) is 0 Å². The summed E-state index contributed by atoms with van der Waals surface area (Å²) in [6.45, 7) is 3.88. The van der Waals surface area contributed by atoms with E-state index in [4.69, 9.17) is 0 Å². The number of H-pyrrole nitrogens is 1. The zero-order chi connectivity index (χ0) is 13.5. The van der Waals surface area contributed by atoms with E-state index in [1.54, 1.807) is 7.05 Å². The minimum absolute atomic E-state index is 0.809. The van der Waals surface area contributed by atoms with Gasteiger partial charge in [-0.25, -0.2) is 4.98 Å². The Labute approximate surface area is 113 Å². The normalized spacial score (nSPS) is 11.8. The lowest BCUT2D eigenvalue weighted by atomic mass is 10.3. The first-order chi connectivity index (χ1) is 9.33. The lowest BCUT2D eigenvalue weighted by Crippen LogP contribution is -2.38. The van der Waals surface area contributed by atoms with Gasteiger partial charge in [0.05, 0.1) is 11.0 Å². The summed E-state index contributed by atoms with van der Waals surface area (Å²) >= 11 is 0. The lowest BCUT2D eigenvalue weighted by molar-refractivity contribution is 0.762. The van der Waals surface area contributed by atoms with Crippen LogP contribution in [0.1, 0.15) is 19.2 Å². The Bertz CT molecular complexity index is 511. The molecule has 0 spiro atoms. The van der Waals surface area contributed by atoms with E-state index in [0.717, 1.165) is 48.7 Å². The summed E-state index contributed by atoms with van der Waals surface area (Å²) in [5.41, 5.74) is 2.11. The summed E-state index contributed by atoms with van der Waals surface area (Å²) in [5, 5.41) is 6.52. The molecule has 1 heterocycles. The monoisotopic (exact) mass is 259 g/mol. The van der Waals surface area contributed by atoms with Crippen LogP contribution >= 0.6 is 0 Å². The molecule has 0 aliphatic carbocycles. The van der Waals surface area contributed by atoms with Crippen LogP contribution in [0.25, 0.3) is 11.0 Å². The number of nitrogens with one attached hydrogen (secondary N) is 3. The minimum Gasteiger partial charge on any atom is -0.356 e. The van der Waals surface area contributed by atoms with Gasteiger partial charge in [-0.05, 0) is 18.6 Å². The highest BCUT2D eigenvalue weighted by molar-refractivity contribution is 5.79. The van der Waals surface area contributed by atoms with E-state index in [1.807, 2.05) is 24.3 Å². The van der Waals surface area contributed by atoms with Crippen molar-refractivity contribution in [1.82, 2.24) is 20.6 Å². The highest BCUT2D eigenvalue weighted by atomic mass is 15.2. The lowest BCUT2D eigenvalue weighted by Gasteiger charge is -2.09. The van der Waals surface area contributed by atoms with Gasteiger partial charge in [0, 0.05) is 26.6 Å². The largest absolute Gasteiger partial charge is 0.356 e. The smallest absolute Gasteiger partial charge is 0.190 e. The molecule has 0 saturated heterocycles. The van der Waals surface area contributed by atoms with Gasteiger partial charge in [-0.1, -0.05) is 19.1 Å². The molecule has 0 saturated carbocycles. The van der Waals surface area contributed by atoms with E-state index in [-0.39, 0.29) is 0 Å². The average molecular weight is 259 g/mol. The fourth-order valence-electron chi connectivity index (χ4n) is 1.89. The van der Waals surface area contributed by atoms with Crippen LogP contribution in [0.2, 0.25) is 0 Å². The van der Waals surface area contributed by atoms with Crippen LogP contribution in [0.15, 0.2) is 29.3 Å². The highest BCUT2D eigenvalue weighted by Gasteiger charge is 2.02. The first-order valence-corrected chi connectivity index (χ1v) is 6.71. The SMILES string of the molecule is CCCNC(=NC)NCCc1nc2ccccc2[nH]1. The van der Waals surface area contributed by atoms with Gasteiger partial charge in [0.2, 0.25) is 0 Å². The van der Waals surface area contributed by atoms with Crippen molar-refractivity contribution in [2.24, 2.45) is 4.99 Å². The fraction of sp³-hybridized carbons (Fsp3) is 0.429. The third-order valence-corrected chi connectivity index (χ3v) is 2.86.